The Morgan fingerprint density at radius 1 is 1.35 bits per heavy atom. The molecule has 4 heteroatoms. The summed E-state index contributed by atoms with van der Waals surface area (Å²) in [5, 5.41) is 7.13. The zero-order valence-corrected chi connectivity index (χ0v) is 14.2. The number of thiazole rings is 1. The molecule has 1 aliphatic rings. The van der Waals surface area contributed by atoms with Crippen LogP contribution in [0.4, 0.5) is 0 Å². The van der Waals surface area contributed by atoms with Crippen molar-refractivity contribution in [2.75, 3.05) is 19.6 Å². The second kappa shape index (κ2) is 7.01. The van der Waals surface area contributed by atoms with Crippen LogP contribution in [-0.2, 0) is 13.0 Å². The van der Waals surface area contributed by atoms with Crippen molar-refractivity contribution >= 4 is 11.3 Å². The lowest BCUT2D eigenvalue weighted by Crippen LogP contribution is -2.42. The van der Waals surface area contributed by atoms with Gasteiger partial charge in [0.1, 0.15) is 0 Å². The summed E-state index contributed by atoms with van der Waals surface area (Å²) in [4.78, 5) is 7.23. The van der Waals surface area contributed by atoms with Gasteiger partial charge >= 0.3 is 0 Å². The molecular weight excluding hydrogens is 266 g/mol. The molecule has 1 N–H and O–H groups in total. The molecule has 2 rings (SSSR count). The molecule has 20 heavy (non-hydrogen) atoms. The molecule has 1 aliphatic heterocycles. The first-order valence-corrected chi connectivity index (χ1v) is 8.75. The van der Waals surface area contributed by atoms with E-state index in [9.17, 15) is 0 Å². The molecule has 2 heterocycles. The van der Waals surface area contributed by atoms with Gasteiger partial charge in [-0.2, -0.15) is 0 Å². The summed E-state index contributed by atoms with van der Waals surface area (Å²) in [7, 11) is 0. The van der Waals surface area contributed by atoms with Crippen LogP contribution in [0.5, 0.6) is 0 Å². The minimum atomic E-state index is 0.244. The van der Waals surface area contributed by atoms with Gasteiger partial charge in [0.25, 0.3) is 0 Å². The number of hydrogen-bond donors (Lipinski definition) is 1. The number of likely N-dealkylation sites (tertiary alicyclic amines) is 1. The molecule has 1 fully saturated rings. The average Bonchev–Trinajstić information content (AvgIpc) is 2.85. The topological polar surface area (TPSA) is 28.2 Å². The van der Waals surface area contributed by atoms with Gasteiger partial charge in [-0.1, -0.05) is 6.92 Å². The third kappa shape index (κ3) is 5.15. The summed E-state index contributed by atoms with van der Waals surface area (Å²) < 4.78 is 0. The first kappa shape index (κ1) is 15.9. The Hall–Kier alpha value is -0.450. The fourth-order valence-corrected chi connectivity index (χ4v) is 3.35. The molecule has 0 aromatic carbocycles. The first-order valence-electron chi connectivity index (χ1n) is 7.87. The van der Waals surface area contributed by atoms with Gasteiger partial charge in [-0.05, 0) is 65.6 Å². The van der Waals surface area contributed by atoms with Crippen LogP contribution in [-0.4, -0.2) is 35.1 Å². The summed E-state index contributed by atoms with van der Waals surface area (Å²) in [6.45, 7) is 13.5. The summed E-state index contributed by atoms with van der Waals surface area (Å²) in [6, 6.07) is 0. The van der Waals surface area contributed by atoms with Crippen molar-refractivity contribution in [3.05, 3.63) is 16.1 Å². The maximum absolute atomic E-state index is 4.67. The Morgan fingerprint density at radius 3 is 2.60 bits per heavy atom. The molecule has 1 aromatic rings. The van der Waals surface area contributed by atoms with Crippen LogP contribution in [0.15, 0.2) is 5.38 Å². The minimum absolute atomic E-state index is 0.244. The molecular formula is C16H29N3S. The van der Waals surface area contributed by atoms with Crippen LogP contribution in [0.1, 0.15) is 51.2 Å². The van der Waals surface area contributed by atoms with Crippen molar-refractivity contribution in [1.29, 1.82) is 0 Å². The highest BCUT2D eigenvalue weighted by molar-refractivity contribution is 7.09. The Labute approximate surface area is 127 Å². The van der Waals surface area contributed by atoms with Crippen molar-refractivity contribution in [1.82, 2.24) is 15.2 Å². The maximum Gasteiger partial charge on any atom is 0.0926 e. The van der Waals surface area contributed by atoms with Crippen LogP contribution in [0.2, 0.25) is 0 Å². The van der Waals surface area contributed by atoms with Gasteiger partial charge in [0.05, 0.1) is 10.7 Å². The number of hydrogen-bond acceptors (Lipinski definition) is 4. The van der Waals surface area contributed by atoms with Crippen LogP contribution < -0.4 is 5.32 Å². The Bertz CT molecular complexity index is 400. The number of piperidine rings is 1. The quantitative estimate of drug-likeness (QED) is 0.903. The number of rotatable bonds is 5. The van der Waals surface area contributed by atoms with E-state index in [0.29, 0.717) is 0 Å². The highest BCUT2D eigenvalue weighted by Gasteiger charge is 2.21. The van der Waals surface area contributed by atoms with Gasteiger partial charge in [0, 0.05) is 17.5 Å². The van der Waals surface area contributed by atoms with Crippen molar-refractivity contribution in [3.8, 4) is 0 Å². The Balaban J connectivity index is 1.71. The highest BCUT2D eigenvalue weighted by Crippen LogP contribution is 2.20. The average molecular weight is 295 g/mol. The van der Waals surface area contributed by atoms with Gasteiger partial charge in [0.15, 0.2) is 0 Å². The summed E-state index contributed by atoms with van der Waals surface area (Å²) in [5.41, 5.74) is 1.51. The van der Waals surface area contributed by atoms with E-state index in [4.69, 9.17) is 0 Å². The second-order valence-electron chi connectivity index (χ2n) is 6.94. The van der Waals surface area contributed by atoms with Gasteiger partial charge < -0.3 is 5.32 Å². The molecule has 0 radical (unpaired) electrons. The lowest BCUT2D eigenvalue weighted by Gasteiger charge is -2.33. The first-order chi connectivity index (χ1) is 9.46. The van der Waals surface area contributed by atoms with E-state index in [0.717, 1.165) is 25.4 Å². The van der Waals surface area contributed by atoms with Crippen molar-refractivity contribution in [2.24, 2.45) is 5.92 Å². The minimum Gasteiger partial charge on any atom is -0.312 e. The van der Waals surface area contributed by atoms with Crippen molar-refractivity contribution < 1.29 is 0 Å². The van der Waals surface area contributed by atoms with Crippen LogP contribution in [0.3, 0.4) is 0 Å². The SMILES string of the molecule is CCc1nc(CN2CCC(CNC(C)(C)C)CC2)cs1. The van der Waals surface area contributed by atoms with E-state index in [-0.39, 0.29) is 5.54 Å². The zero-order valence-electron chi connectivity index (χ0n) is 13.4. The van der Waals surface area contributed by atoms with E-state index in [1.54, 1.807) is 11.3 Å². The molecule has 3 nitrogen and oxygen atoms in total. The van der Waals surface area contributed by atoms with Crippen molar-refractivity contribution in [3.63, 3.8) is 0 Å². The Morgan fingerprint density at radius 2 is 2.05 bits per heavy atom. The molecule has 114 valence electrons. The number of aryl methyl sites for hydroxylation is 1. The van der Waals surface area contributed by atoms with E-state index in [1.165, 1.54) is 36.6 Å². The molecule has 0 aliphatic carbocycles. The smallest absolute Gasteiger partial charge is 0.0926 e. The third-order valence-electron chi connectivity index (χ3n) is 3.92. The number of nitrogens with zero attached hydrogens (tertiary/aromatic N) is 2. The lowest BCUT2D eigenvalue weighted by molar-refractivity contribution is 0.169. The van der Waals surface area contributed by atoms with Crippen LogP contribution in [0.25, 0.3) is 0 Å². The summed E-state index contributed by atoms with van der Waals surface area (Å²) >= 11 is 1.80. The highest BCUT2D eigenvalue weighted by atomic mass is 32.1. The van der Waals surface area contributed by atoms with Crippen LogP contribution in [0, 0.1) is 5.92 Å². The molecule has 0 unspecified atom stereocenters. The fraction of sp³-hybridized carbons (Fsp3) is 0.812. The van der Waals surface area contributed by atoms with Crippen LogP contribution >= 0.6 is 11.3 Å². The second-order valence-corrected chi connectivity index (χ2v) is 7.88. The van der Waals surface area contributed by atoms with E-state index >= 15 is 0 Å². The van der Waals surface area contributed by atoms with Crippen molar-refractivity contribution in [2.45, 2.75) is 59.0 Å². The maximum atomic E-state index is 4.67. The molecule has 1 saturated heterocycles. The monoisotopic (exact) mass is 295 g/mol. The molecule has 0 bridgehead atoms. The number of nitrogens with one attached hydrogen (secondary N) is 1. The van der Waals surface area contributed by atoms with Gasteiger partial charge in [-0.25, -0.2) is 4.98 Å². The van der Waals surface area contributed by atoms with E-state index in [1.807, 2.05) is 0 Å². The zero-order chi connectivity index (χ0) is 14.6. The number of aromatic nitrogens is 1. The molecule has 0 atom stereocenters. The van der Waals surface area contributed by atoms with Gasteiger partial charge in [-0.15, -0.1) is 11.3 Å². The molecule has 1 aromatic heterocycles. The molecule has 0 saturated carbocycles. The van der Waals surface area contributed by atoms with E-state index in [2.05, 4.69) is 48.3 Å². The molecule has 0 spiro atoms. The van der Waals surface area contributed by atoms with Gasteiger partial charge in [-0.3, -0.25) is 4.90 Å². The normalized spacial score (nSPS) is 18.6. The summed E-state index contributed by atoms with van der Waals surface area (Å²) in [6.07, 6.45) is 3.69. The third-order valence-corrected chi connectivity index (χ3v) is 4.96. The standard InChI is InChI=1S/C16H29N3S/c1-5-15-18-14(12-20-15)11-19-8-6-13(7-9-19)10-17-16(2,3)4/h12-13,17H,5-11H2,1-4H3. The lowest BCUT2D eigenvalue weighted by atomic mass is 9.95. The largest absolute Gasteiger partial charge is 0.312 e. The summed E-state index contributed by atoms with van der Waals surface area (Å²) in [5.74, 6) is 0.840. The fourth-order valence-electron chi connectivity index (χ4n) is 2.61. The predicted octanol–water partition coefficient (Wildman–Crippen LogP) is 3.31. The predicted molar refractivity (Wildman–Crippen MR) is 87.2 cm³/mol. The van der Waals surface area contributed by atoms with Gasteiger partial charge in [0.2, 0.25) is 0 Å². The Kier molecular flexibility index (Phi) is 5.58. The molecule has 0 amide bonds. The van der Waals surface area contributed by atoms with E-state index < -0.39 is 0 Å².